The molecule has 0 aliphatic carbocycles. The third-order valence-corrected chi connectivity index (χ3v) is 9.05. The molecule has 1 atom stereocenters. The molecule has 0 saturated carbocycles. The normalized spacial score (nSPS) is 16.7. The molecule has 0 bridgehead atoms. The molecule has 1 saturated heterocycles. The Morgan fingerprint density at radius 1 is 1.11 bits per heavy atom. The number of carbonyl (C=O) groups excluding carboxylic acids is 1. The van der Waals surface area contributed by atoms with Gasteiger partial charge in [0.25, 0.3) is 0 Å². The van der Waals surface area contributed by atoms with Gasteiger partial charge in [-0.15, -0.1) is 0 Å². The Balaban J connectivity index is 1.46. The number of pyridine rings is 1. The van der Waals surface area contributed by atoms with Crippen molar-refractivity contribution in [2.24, 2.45) is 5.92 Å². The summed E-state index contributed by atoms with van der Waals surface area (Å²) >= 11 is 0.976. The number of hydrogen-bond acceptors (Lipinski definition) is 6. The quantitative estimate of drug-likeness (QED) is 0.349. The number of amides is 1. The van der Waals surface area contributed by atoms with E-state index >= 15 is 0 Å². The highest BCUT2D eigenvalue weighted by molar-refractivity contribution is 7.89. The first-order chi connectivity index (χ1) is 17.7. The van der Waals surface area contributed by atoms with Gasteiger partial charge >= 0.3 is 0 Å². The summed E-state index contributed by atoms with van der Waals surface area (Å²) in [6, 6.07) is 9.91. The van der Waals surface area contributed by atoms with Gasteiger partial charge in [-0.1, -0.05) is 17.4 Å². The van der Waals surface area contributed by atoms with E-state index in [1.807, 2.05) is 0 Å². The molecule has 0 radical (unpaired) electrons. The second-order valence-corrected chi connectivity index (χ2v) is 11.6. The molecule has 192 valence electrons. The fourth-order valence-electron chi connectivity index (χ4n) is 4.31. The molecule has 4 aromatic rings. The number of nitrogens with zero attached hydrogens (tertiary/aromatic N) is 4. The minimum atomic E-state index is -3.94. The lowest BCUT2D eigenvalue weighted by atomic mass is 9.98. The number of halogens is 3. The first-order valence-corrected chi connectivity index (χ1v) is 13.7. The number of piperidine rings is 1. The number of anilines is 1. The Morgan fingerprint density at radius 2 is 1.89 bits per heavy atom. The van der Waals surface area contributed by atoms with Gasteiger partial charge in [0.2, 0.25) is 15.9 Å². The third-order valence-electron chi connectivity index (χ3n) is 6.15. The van der Waals surface area contributed by atoms with E-state index < -0.39 is 33.4 Å². The molecule has 37 heavy (non-hydrogen) atoms. The summed E-state index contributed by atoms with van der Waals surface area (Å²) in [4.78, 5) is 23.5. The van der Waals surface area contributed by atoms with Crippen LogP contribution < -0.4 is 4.90 Å². The van der Waals surface area contributed by atoms with Crippen LogP contribution in [0.2, 0.25) is 0 Å². The van der Waals surface area contributed by atoms with E-state index in [-0.39, 0.29) is 45.8 Å². The first kappa shape index (κ1) is 25.3. The van der Waals surface area contributed by atoms with Crippen LogP contribution in [0.15, 0.2) is 65.8 Å². The summed E-state index contributed by atoms with van der Waals surface area (Å²) in [7, 11) is -3.94. The summed E-state index contributed by atoms with van der Waals surface area (Å²) in [5, 5.41) is 0.173. The van der Waals surface area contributed by atoms with Gasteiger partial charge in [-0.2, -0.15) is 4.31 Å². The van der Waals surface area contributed by atoms with Crippen molar-refractivity contribution in [1.82, 2.24) is 14.3 Å². The van der Waals surface area contributed by atoms with E-state index in [0.29, 0.717) is 18.4 Å². The predicted molar refractivity (Wildman–Crippen MR) is 133 cm³/mol. The van der Waals surface area contributed by atoms with E-state index in [2.05, 4.69) is 9.97 Å². The number of aromatic nitrogens is 2. The zero-order valence-corrected chi connectivity index (χ0v) is 21.0. The largest absolute Gasteiger partial charge is 0.283 e. The summed E-state index contributed by atoms with van der Waals surface area (Å²) in [6.45, 7) is 0.214. The van der Waals surface area contributed by atoms with Gasteiger partial charge in [0, 0.05) is 31.5 Å². The molecule has 7 nitrogen and oxygen atoms in total. The number of sulfonamides is 1. The molecule has 1 amide bonds. The molecule has 1 fully saturated rings. The smallest absolute Gasteiger partial charge is 0.243 e. The molecule has 0 spiro atoms. The average Bonchev–Trinajstić information content (AvgIpc) is 3.32. The van der Waals surface area contributed by atoms with Crippen LogP contribution in [0, 0.1) is 23.4 Å². The number of fused-ring (bicyclic) bond motifs is 1. The van der Waals surface area contributed by atoms with Crippen LogP contribution in [0.25, 0.3) is 10.2 Å². The Hall–Kier alpha value is -3.35. The van der Waals surface area contributed by atoms with E-state index in [0.717, 1.165) is 35.6 Å². The second kappa shape index (κ2) is 10.2. The van der Waals surface area contributed by atoms with Crippen LogP contribution in [0.3, 0.4) is 0 Å². The molecule has 1 unspecified atom stereocenters. The van der Waals surface area contributed by atoms with Crippen LogP contribution in [0.4, 0.5) is 18.3 Å². The van der Waals surface area contributed by atoms with Crippen molar-refractivity contribution in [3.05, 3.63) is 83.9 Å². The maximum absolute atomic E-state index is 14.4. The van der Waals surface area contributed by atoms with Crippen molar-refractivity contribution >= 4 is 42.6 Å². The number of benzene rings is 2. The molecule has 2 aromatic carbocycles. The highest BCUT2D eigenvalue weighted by atomic mass is 32.2. The lowest BCUT2D eigenvalue weighted by Gasteiger charge is -2.33. The SMILES string of the molecule is O=C(C1CCCN(S(=O)(=O)c2ccc(F)cc2)C1)N(Cc1cccnc1)c1nc2c(F)cc(F)cc2s1. The zero-order valence-electron chi connectivity index (χ0n) is 19.4. The molecular weight excluding hydrogens is 525 g/mol. The van der Waals surface area contributed by atoms with Gasteiger partial charge in [0.05, 0.1) is 22.1 Å². The molecule has 0 N–H and O–H groups in total. The first-order valence-electron chi connectivity index (χ1n) is 11.4. The molecule has 5 rings (SSSR count). The van der Waals surface area contributed by atoms with Crippen LogP contribution in [0.5, 0.6) is 0 Å². The standard InChI is InChI=1S/C25H21F3N4O3S2/c26-18-5-7-20(8-6-18)37(34,35)31-10-2-4-17(15-31)24(33)32(14-16-3-1-9-29-13-16)25-30-23-21(28)11-19(27)12-22(23)36-25/h1,3,5-9,11-13,17H,2,4,10,14-15H2. The number of carbonyl (C=O) groups is 1. The Kier molecular flexibility index (Phi) is 6.97. The fraction of sp³-hybridized carbons (Fsp3) is 0.240. The minimum Gasteiger partial charge on any atom is -0.283 e. The molecule has 1 aliphatic heterocycles. The van der Waals surface area contributed by atoms with Crippen LogP contribution in [-0.4, -0.2) is 41.7 Å². The van der Waals surface area contributed by atoms with Gasteiger partial charge < -0.3 is 0 Å². The van der Waals surface area contributed by atoms with Crippen molar-refractivity contribution in [3.8, 4) is 0 Å². The van der Waals surface area contributed by atoms with Gasteiger partial charge in [-0.3, -0.25) is 14.7 Å². The van der Waals surface area contributed by atoms with Crippen molar-refractivity contribution in [1.29, 1.82) is 0 Å². The Bertz CT molecular complexity index is 1550. The van der Waals surface area contributed by atoms with Crippen molar-refractivity contribution < 1.29 is 26.4 Å². The van der Waals surface area contributed by atoms with Gasteiger partial charge in [-0.25, -0.2) is 26.6 Å². The van der Waals surface area contributed by atoms with E-state index in [9.17, 15) is 26.4 Å². The topological polar surface area (TPSA) is 83.5 Å². The molecule has 1 aliphatic rings. The van der Waals surface area contributed by atoms with Gasteiger partial charge in [0.15, 0.2) is 10.9 Å². The molecule has 12 heteroatoms. The van der Waals surface area contributed by atoms with Crippen molar-refractivity contribution in [2.45, 2.75) is 24.3 Å². The lowest BCUT2D eigenvalue weighted by Crippen LogP contribution is -2.46. The summed E-state index contributed by atoms with van der Waals surface area (Å²) in [5.74, 6) is -3.22. The zero-order chi connectivity index (χ0) is 26.2. The second-order valence-electron chi connectivity index (χ2n) is 8.67. The van der Waals surface area contributed by atoms with Crippen molar-refractivity contribution in [3.63, 3.8) is 0 Å². The molecule has 3 heterocycles. The van der Waals surface area contributed by atoms with Gasteiger partial charge in [-0.05, 0) is 54.8 Å². The van der Waals surface area contributed by atoms with Crippen LogP contribution >= 0.6 is 11.3 Å². The monoisotopic (exact) mass is 546 g/mol. The Morgan fingerprint density at radius 3 is 2.62 bits per heavy atom. The summed E-state index contributed by atoms with van der Waals surface area (Å²) in [5.41, 5.74) is 0.642. The minimum absolute atomic E-state index is 0.0467. The van der Waals surface area contributed by atoms with Crippen LogP contribution in [0.1, 0.15) is 18.4 Å². The van der Waals surface area contributed by atoms with E-state index in [1.165, 1.54) is 21.3 Å². The maximum Gasteiger partial charge on any atom is 0.243 e. The Labute approximate surface area is 215 Å². The number of hydrogen-bond donors (Lipinski definition) is 0. The maximum atomic E-state index is 14.4. The summed E-state index contributed by atoms with van der Waals surface area (Å²) in [6.07, 6.45) is 4.05. The number of thiazole rings is 1. The lowest BCUT2D eigenvalue weighted by molar-refractivity contribution is -0.123. The van der Waals surface area contributed by atoms with Crippen LogP contribution in [-0.2, 0) is 21.4 Å². The van der Waals surface area contributed by atoms with Gasteiger partial charge in [0.1, 0.15) is 17.2 Å². The third kappa shape index (κ3) is 5.22. The fourth-order valence-corrected chi connectivity index (χ4v) is 6.85. The van der Waals surface area contributed by atoms with E-state index in [4.69, 9.17) is 0 Å². The highest BCUT2D eigenvalue weighted by Crippen LogP contribution is 2.34. The average molecular weight is 547 g/mol. The molecular formula is C25H21F3N4O3S2. The molecule has 2 aromatic heterocycles. The number of rotatable bonds is 6. The predicted octanol–water partition coefficient (Wildman–Crippen LogP) is 4.74. The van der Waals surface area contributed by atoms with E-state index in [1.54, 1.807) is 24.5 Å². The summed E-state index contributed by atoms with van der Waals surface area (Å²) < 4.78 is 69.3. The highest BCUT2D eigenvalue weighted by Gasteiger charge is 2.36. The van der Waals surface area contributed by atoms with Crippen molar-refractivity contribution in [2.75, 3.05) is 18.0 Å².